The molecule has 0 spiro atoms. The lowest BCUT2D eigenvalue weighted by molar-refractivity contribution is -0.118. The van der Waals surface area contributed by atoms with Crippen molar-refractivity contribution < 1.29 is 9.53 Å². The summed E-state index contributed by atoms with van der Waals surface area (Å²) in [7, 11) is 1.65. The van der Waals surface area contributed by atoms with Crippen LogP contribution in [0, 0.1) is 5.92 Å². The van der Waals surface area contributed by atoms with Gasteiger partial charge in [-0.05, 0) is 62.3 Å². The van der Waals surface area contributed by atoms with Gasteiger partial charge < -0.3 is 14.6 Å². The monoisotopic (exact) mass is 428 g/mol. The van der Waals surface area contributed by atoms with Gasteiger partial charge >= 0.3 is 0 Å². The predicted octanol–water partition coefficient (Wildman–Crippen LogP) is 4.71. The van der Waals surface area contributed by atoms with Crippen LogP contribution in [0.2, 0.25) is 0 Å². The molecule has 1 heterocycles. The van der Waals surface area contributed by atoms with Crippen molar-refractivity contribution in [2.45, 2.75) is 57.7 Å². The van der Waals surface area contributed by atoms with Crippen LogP contribution in [0.25, 0.3) is 11.4 Å². The van der Waals surface area contributed by atoms with Gasteiger partial charge in [0.1, 0.15) is 5.75 Å². The Morgan fingerprint density at radius 3 is 2.70 bits per heavy atom. The maximum absolute atomic E-state index is 12.3. The molecule has 0 bridgehead atoms. The molecule has 7 heteroatoms. The number of hydrogen-bond acceptors (Lipinski definition) is 5. The standard InChI is InChI=1S/C23H32N4O2S/c1-17(2)15-27-22(19-9-11-20(29-3)12-10-19)25-26-23(27)30-16-21(28)24-14-13-18-7-5-4-6-8-18/h7,9-12,17H,4-6,8,13-16H2,1-3H3,(H,24,28). The minimum Gasteiger partial charge on any atom is -0.497 e. The number of nitrogens with one attached hydrogen (secondary N) is 1. The average molecular weight is 429 g/mol. The smallest absolute Gasteiger partial charge is 0.230 e. The molecule has 1 aliphatic carbocycles. The highest BCUT2D eigenvalue weighted by Gasteiger charge is 2.17. The number of benzene rings is 1. The predicted molar refractivity (Wildman–Crippen MR) is 122 cm³/mol. The molecule has 0 saturated heterocycles. The van der Waals surface area contributed by atoms with Crippen LogP contribution < -0.4 is 10.1 Å². The average Bonchev–Trinajstić information content (AvgIpc) is 3.15. The first-order valence-corrected chi connectivity index (χ1v) is 11.7. The zero-order chi connectivity index (χ0) is 21.3. The van der Waals surface area contributed by atoms with Crippen molar-refractivity contribution in [1.82, 2.24) is 20.1 Å². The van der Waals surface area contributed by atoms with Gasteiger partial charge in [0.25, 0.3) is 0 Å². The highest BCUT2D eigenvalue weighted by Crippen LogP contribution is 2.26. The molecule has 0 fully saturated rings. The van der Waals surface area contributed by atoms with Crippen LogP contribution >= 0.6 is 11.8 Å². The second-order valence-electron chi connectivity index (χ2n) is 8.04. The number of methoxy groups -OCH3 is 1. The van der Waals surface area contributed by atoms with Gasteiger partial charge in [0.05, 0.1) is 12.9 Å². The lowest BCUT2D eigenvalue weighted by Crippen LogP contribution is -2.26. The first kappa shape index (κ1) is 22.4. The fraction of sp³-hybridized carbons (Fsp3) is 0.522. The van der Waals surface area contributed by atoms with E-state index in [1.807, 2.05) is 24.3 Å². The van der Waals surface area contributed by atoms with E-state index in [4.69, 9.17) is 4.74 Å². The summed E-state index contributed by atoms with van der Waals surface area (Å²) in [6, 6.07) is 7.82. The molecule has 1 amide bonds. The fourth-order valence-corrected chi connectivity index (χ4v) is 4.33. The third kappa shape index (κ3) is 6.36. The summed E-state index contributed by atoms with van der Waals surface area (Å²) >= 11 is 1.44. The van der Waals surface area contributed by atoms with Crippen molar-refractivity contribution in [3.63, 3.8) is 0 Å². The Morgan fingerprint density at radius 1 is 1.23 bits per heavy atom. The van der Waals surface area contributed by atoms with E-state index in [-0.39, 0.29) is 5.91 Å². The molecule has 0 radical (unpaired) electrons. The molecule has 1 aromatic heterocycles. The minimum atomic E-state index is 0.0431. The van der Waals surface area contributed by atoms with Crippen molar-refractivity contribution in [3.05, 3.63) is 35.9 Å². The number of nitrogens with zero attached hydrogens (tertiary/aromatic N) is 3. The van der Waals surface area contributed by atoms with E-state index >= 15 is 0 Å². The van der Waals surface area contributed by atoms with Crippen LogP contribution in [0.3, 0.4) is 0 Å². The lowest BCUT2D eigenvalue weighted by Gasteiger charge is -2.14. The van der Waals surface area contributed by atoms with Crippen molar-refractivity contribution in [2.75, 3.05) is 19.4 Å². The van der Waals surface area contributed by atoms with Gasteiger partial charge in [-0.2, -0.15) is 0 Å². The molecule has 1 aromatic carbocycles. The van der Waals surface area contributed by atoms with Gasteiger partial charge in [-0.3, -0.25) is 4.79 Å². The summed E-state index contributed by atoms with van der Waals surface area (Å²) < 4.78 is 7.35. The molecule has 2 aromatic rings. The number of aromatic nitrogens is 3. The number of allylic oxidation sites excluding steroid dienone is 1. The van der Waals surface area contributed by atoms with Crippen molar-refractivity contribution in [3.8, 4) is 17.1 Å². The Labute approximate surface area is 183 Å². The Bertz CT molecular complexity index is 859. The number of hydrogen-bond donors (Lipinski definition) is 1. The summed E-state index contributed by atoms with van der Waals surface area (Å²) in [4.78, 5) is 12.3. The van der Waals surface area contributed by atoms with E-state index in [1.54, 1.807) is 7.11 Å². The van der Waals surface area contributed by atoms with Crippen LogP contribution in [0.15, 0.2) is 41.1 Å². The molecular formula is C23H32N4O2S. The molecule has 6 nitrogen and oxygen atoms in total. The Balaban J connectivity index is 1.59. The fourth-order valence-electron chi connectivity index (χ4n) is 3.55. The van der Waals surface area contributed by atoms with E-state index in [1.165, 1.54) is 43.0 Å². The van der Waals surface area contributed by atoms with Crippen LogP contribution in [-0.2, 0) is 11.3 Å². The topological polar surface area (TPSA) is 69.0 Å². The number of thioether (sulfide) groups is 1. The van der Waals surface area contributed by atoms with Crippen molar-refractivity contribution in [1.29, 1.82) is 0 Å². The van der Waals surface area contributed by atoms with Crippen LogP contribution in [0.4, 0.5) is 0 Å². The number of rotatable bonds is 10. The SMILES string of the molecule is COc1ccc(-c2nnc(SCC(=O)NCCC3=CCCCC3)n2CC(C)C)cc1. The molecule has 3 rings (SSSR count). The Hall–Kier alpha value is -2.28. The van der Waals surface area contributed by atoms with E-state index in [9.17, 15) is 4.79 Å². The van der Waals surface area contributed by atoms with Crippen molar-refractivity contribution >= 4 is 17.7 Å². The van der Waals surface area contributed by atoms with Crippen LogP contribution in [0.5, 0.6) is 5.75 Å². The first-order valence-electron chi connectivity index (χ1n) is 10.7. The van der Waals surface area contributed by atoms with E-state index in [2.05, 4.69) is 40.0 Å². The minimum absolute atomic E-state index is 0.0431. The highest BCUT2D eigenvalue weighted by atomic mass is 32.2. The van der Waals surface area contributed by atoms with E-state index < -0.39 is 0 Å². The molecule has 162 valence electrons. The van der Waals surface area contributed by atoms with Gasteiger partial charge in [-0.25, -0.2) is 0 Å². The third-order valence-corrected chi connectivity index (χ3v) is 6.07. The second kappa shape index (κ2) is 11.2. The maximum Gasteiger partial charge on any atom is 0.230 e. The molecule has 1 N–H and O–H groups in total. The Kier molecular flexibility index (Phi) is 8.37. The number of ether oxygens (including phenoxy) is 1. The van der Waals surface area contributed by atoms with Gasteiger partial charge in [0.15, 0.2) is 11.0 Å². The number of amides is 1. The first-order chi connectivity index (χ1) is 14.6. The Morgan fingerprint density at radius 2 is 2.03 bits per heavy atom. The van der Waals surface area contributed by atoms with Gasteiger partial charge in [0, 0.05) is 18.7 Å². The molecule has 0 unspecified atom stereocenters. The molecular weight excluding hydrogens is 396 g/mol. The maximum atomic E-state index is 12.3. The number of carbonyl (C=O) groups excluding carboxylic acids is 1. The van der Waals surface area contributed by atoms with E-state index in [0.717, 1.165) is 35.3 Å². The molecule has 30 heavy (non-hydrogen) atoms. The molecule has 0 atom stereocenters. The summed E-state index contributed by atoms with van der Waals surface area (Å²) in [6.07, 6.45) is 8.22. The van der Waals surface area contributed by atoms with Crippen molar-refractivity contribution in [2.24, 2.45) is 5.92 Å². The normalized spacial score (nSPS) is 13.9. The van der Waals surface area contributed by atoms with Crippen LogP contribution in [0.1, 0.15) is 46.0 Å². The van der Waals surface area contributed by atoms with Gasteiger partial charge in [-0.1, -0.05) is 37.3 Å². The zero-order valence-corrected chi connectivity index (χ0v) is 19.0. The molecule has 1 aliphatic rings. The quantitative estimate of drug-likeness (QED) is 0.438. The highest BCUT2D eigenvalue weighted by molar-refractivity contribution is 7.99. The summed E-state index contributed by atoms with van der Waals surface area (Å²) in [6.45, 7) is 5.84. The van der Waals surface area contributed by atoms with Gasteiger partial charge in [-0.15, -0.1) is 10.2 Å². The summed E-state index contributed by atoms with van der Waals surface area (Å²) in [5.41, 5.74) is 2.47. The summed E-state index contributed by atoms with van der Waals surface area (Å²) in [5, 5.41) is 12.6. The molecule has 0 aliphatic heterocycles. The molecule has 0 saturated carbocycles. The number of carbonyl (C=O) groups is 1. The summed E-state index contributed by atoms with van der Waals surface area (Å²) in [5.74, 6) is 2.46. The van der Waals surface area contributed by atoms with Gasteiger partial charge in [0.2, 0.25) is 5.91 Å². The zero-order valence-electron chi connectivity index (χ0n) is 18.2. The van der Waals surface area contributed by atoms with E-state index in [0.29, 0.717) is 18.2 Å². The van der Waals surface area contributed by atoms with Crippen LogP contribution in [-0.4, -0.2) is 40.1 Å². The lowest BCUT2D eigenvalue weighted by atomic mass is 9.97. The third-order valence-electron chi connectivity index (χ3n) is 5.10. The second-order valence-corrected chi connectivity index (χ2v) is 8.98. The largest absolute Gasteiger partial charge is 0.497 e.